The van der Waals surface area contributed by atoms with Gasteiger partial charge in [-0.05, 0) is 24.7 Å². The highest BCUT2D eigenvalue weighted by atomic mass is 16.5. The number of nitrogens with two attached hydrogens (primary N) is 1. The van der Waals surface area contributed by atoms with E-state index in [9.17, 15) is 0 Å². The van der Waals surface area contributed by atoms with Crippen LogP contribution in [0.4, 0.5) is 0 Å². The number of ether oxygens (including phenoxy) is 1. The molecule has 0 radical (unpaired) electrons. The molecule has 0 rings (SSSR count). The van der Waals surface area contributed by atoms with Gasteiger partial charge in [0.25, 0.3) is 0 Å². The van der Waals surface area contributed by atoms with Crippen LogP contribution in [0, 0.1) is 11.8 Å². The minimum Gasteiger partial charge on any atom is -0.497 e. The van der Waals surface area contributed by atoms with Crippen LogP contribution in [-0.2, 0) is 4.74 Å². The maximum atomic E-state index is 5.41. The van der Waals surface area contributed by atoms with E-state index >= 15 is 0 Å². The van der Waals surface area contributed by atoms with Crippen LogP contribution in [0.5, 0.6) is 0 Å². The van der Waals surface area contributed by atoms with E-state index in [1.54, 1.807) is 0 Å². The molecular formula is C12H23NO. The second-order valence-corrected chi connectivity index (χ2v) is 3.87. The van der Waals surface area contributed by atoms with E-state index in [-0.39, 0.29) is 0 Å². The van der Waals surface area contributed by atoms with E-state index in [1.807, 2.05) is 6.08 Å². The first kappa shape index (κ1) is 13.2. The fraction of sp³-hybridized carbons (Fsp3) is 0.667. The van der Waals surface area contributed by atoms with Crippen molar-refractivity contribution in [2.45, 2.75) is 26.7 Å². The van der Waals surface area contributed by atoms with Gasteiger partial charge in [-0.25, -0.2) is 0 Å². The summed E-state index contributed by atoms with van der Waals surface area (Å²) >= 11 is 0. The summed E-state index contributed by atoms with van der Waals surface area (Å²) in [5, 5.41) is 0. The first-order chi connectivity index (χ1) is 6.61. The first-order valence-electron chi connectivity index (χ1n) is 5.23. The van der Waals surface area contributed by atoms with Crippen molar-refractivity contribution in [3.05, 3.63) is 25.0 Å². The molecule has 0 aromatic carbocycles. The summed E-state index contributed by atoms with van der Waals surface area (Å²) in [5.74, 6) is 1.87. The smallest absolute Gasteiger partial charge is 0.102 e. The van der Waals surface area contributed by atoms with Gasteiger partial charge in [-0.3, -0.25) is 0 Å². The predicted octanol–water partition coefficient (Wildman–Crippen LogP) is 2.71. The normalized spacial score (nSPS) is 14.5. The standard InChI is InChI=1S/C12H23NO/c1-5-6-7-10(2)11(3)9-14-12(4)8-13/h5,10-11H,1,4,6-9,13H2,2-3H3/t10-,11-/m1/s1. The number of rotatable bonds is 8. The largest absolute Gasteiger partial charge is 0.497 e. The Balaban J connectivity index is 3.65. The van der Waals surface area contributed by atoms with Gasteiger partial charge < -0.3 is 10.5 Å². The Morgan fingerprint density at radius 3 is 2.57 bits per heavy atom. The van der Waals surface area contributed by atoms with Gasteiger partial charge in [0.15, 0.2) is 0 Å². The molecule has 0 saturated heterocycles. The molecule has 0 fully saturated rings. The summed E-state index contributed by atoms with van der Waals surface area (Å²) in [6.45, 7) is 13.0. The summed E-state index contributed by atoms with van der Waals surface area (Å²) in [4.78, 5) is 0. The molecule has 2 heteroatoms. The van der Waals surface area contributed by atoms with Gasteiger partial charge >= 0.3 is 0 Å². The molecule has 0 aliphatic carbocycles. The quantitative estimate of drug-likeness (QED) is 0.479. The summed E-state index contributed by atoms with van der Waals surface area (Å²) in [5.41, 5.74) is 5.38. The van der Waals surface area contributed by atoms with E-state index in [1.165, 1.54) is 6.42 Å². The van der Waals surface area contributed by atoms with E-state index in [2.05, 4.69) is 27.0 Å². The maximum absolute atomic E-state index is 5.41. The topological polar surface area (TPSA) is 35.2 Å². The molecule has 0 aliphatic heterocycles. The Labute approximate surface area is 87.8 Å². The van der Waals surface area contributed by atoms with E-state index in [4.69, 9.17) is 10.5 Å². The molecule has 0 aromatic rings. The predicted molar refractivity (Wildman–Crippen MR) is 61.9 cm³/mol. The van der Waals surface area contributed by atoms with Crippen LogP contribution in [0.15, 0.2) is 25.0 Å². The van der Waals surface area contributed by atoms with Crippen molar-refractivity contribution in [3.8, 4) is 0 Å². The third-order valence-corrected chi connectivity index (χ3v) is 2.58. The third-order valence-electron chi connectivity index (χ3n) is 2.58. The molecule has 0 aromatic heterocycles. The zero-order valence-corrected chi connectivity index (χ0v) is 9.46. The average molecular weight is 197 g/mol. The summed E-state index contributed by atoms with van der Waals surface area (Å²) in [6.07, 6.45) is 4.20. The Morgan fingerprint density at radius 2 is 2.07 bits per heavy atom. The Morgan fingerprint density at radius 1 is 1.43 bits per heavy atom. The van der Waals surface area contributed by atoms with Gasteiger partial charge in [-0.15, -0.1) is 6.58 Å². The molecule has 2 N–H and O–H groups in total. The van der Waals surface area contributed by atoms with Gasteiger partial charge in [0, 0.05) is 0 Å². The van der Waals surface area contributed by atoms with Gasteiger partial charge in [0.1, 0.15) is 5.76 Å². The summed E-state index contributed by atoms with van der Waals surface area (Å²) in [6, 6.07) is 0. The number of hydrogen-bond donors (Lipinski definition) is 1. The first-order valence-corrected chi connectivity index (χ1v) is 5.23. The lowest BCUT2D eigenvalue weighted by atomic mass is 9.92. The lowest BCUT2D eigenvalue weighted by Crippen LogP contribution is -2.16. The van der Waals surface area contributed by atoms with Crippen molar-refractivity contribution in [1.29, 1.82) is 0 Å². The van der Waals surface area contributed by atoms with Crippen LogP contribution in [0.2, 0.25) is 0 Å². The highest BCUT2D eigenvalue weighted by Gasteiger charge is 2.11. The number of hydrogen-bond acceptors (Lipinski definition) is 2. The molecule has 0 heterocycles. The van der Waals surface area contributed by atoms with Gasteiger partial charge in [0.05, 0.1) is 13.2 Å². The zero-order chi connectivity index (χ0) is 11.0. The van der Waals surface area contributed by atoms with Crippen molar-refractivity contribution in [3.63, 3.8) is 0 Å². The van der Waals surface area contributed by atoms with Gasteiger partial charge in [-0.2, -0.15) is 0 Å². The highest BCUT2D eigenvalue weighted by molar-refractivity contribution is 4.83. The molecule has 82 valence electrons. The summed E-state index contributed by atoms with van der Waals surface area (Å²) in [7, 11) is 0. The molecule has 0 unspecified atom stereocenters. The maximum Gasteiger partial charge on any atom is 0.102 e. The molecule has 2 atom stereocenters. The molecule has 0 spiro atoms. The lowest BCUT2D eigenvalue weighted by Gasteiger charge is -2.20. The van der Waals surface area contributed by atoms with E-state index in [0.717, 1.165) is 6.42 Å². The third kappa shape index (κ3) is 5.81. The monoisotopic (exact) mass is 197 g/mol. The van der Waals surface area contributed by atoms with Crippen molar-refractivity contribution >= 4 is 0 Å². The Hall–Kier alpha value is -0.760. The van der Waals surface area contributed by atoms with Crippen molar-refractivity contribution in [2.75, 3.05) is 13.2 Å². The Kier molecular flexibility index (Phi) is 7.21. The highest BCUT2D eigenvalue weighted by Crippen LogP contribution is 2.17. The van der Waals surface area contributed by atoms with Crippen LogP contribution in [0.1, 0.15) is 26.7 Å². The van der Waals surface area contributed by atoms with Crippen LogP contribution < -0.4 is 5.73 Å². The Bertz CT molecular complexity index is 177. The van der Waals surface area contributed by atoms with Crippen LogP contribution in [0.25, 0.3) is 0 Å². The minimum absolute atomic E-state index is 0.410. The molecular weight excluding hydrogens is 174 g/mol. The zero-order valence-electron chi connectivity index (χ0n) is 9.46. The molecule has 14 heavy (non-hydrogen) atoms. The number of allylic oxidation sites excluding steroid dienone is 1. The second-order valence-electron chi connectivity index (χ2n) is 3.87. The van der Waals surface area contributed by atoms with Crippen molar-refractivity contribution in [1.82, 2.24) is 0 Å². The van der Waals surface area contributed by atoms with Crippen LogP contribution in [-0.4, -0.2) is 13.2 Å². The molecule has 0 amide bonds. The van der Waals surface area contributed by atoms with Gasteiger partial charge in [0.2, 0.25) is 0 Å². The van der Waals surface area contributed by atoms with Crippen molar-refractivity contribution < 1.29 is 4.74 Å². The SMILES string of the molecule is C=CCC[C@@H](C)[C@H](C)COC(=C)CN. The molecule has 2 nitrogen and oxygen atoms in total. The average Bonchev–Trinajstić information content (AvgIpc) is 2.21. The fourth-order valence-electron chi connectivity index (χ4n) is 1.14. The molecule has 0 saturated carbocycles. The van der Waals surface area contributed by atoms with Crippen molar-refractivity contribution in [2.24, 2.45) is 17.6 Å². The lowest BCUT2D eigenvalue weighted by molar-refractivity contribution is 0.142. The van der Waals surface area contributed by atoms with Crippen LogP contribution in [0.3, 0.4) is 0 Å². The fourth-order valence-corrected chi connectivity index (χ4v) is 1.14. The molecule has 0 bridgehead atoms. The van der Waals surface area contributed by atoms with E-state index in [0.29, 0.717) is 30.7 Å². The minimum atomic E-state index is 0.410. The summed E-state index contributed by atoms with van der Waals surface area (Å²) < 4.78 is 5.41. The molecule has 0 aliphatic rings. The van der Waals surface area contributed by atoms with Crippen LogP contribution >= 0.6 is 0 Å². The van der Waals surface area contributed by atoms with Gasteiger partial charge in [-0.1, -0.05) is 26.5 Å². The van der Waals surface area contributed by atoms with E-state index < -0.39 is 0 Å². The second kappa shape index (κ2) is 7.63.